The molecular formula is C30H29ClF3NO7. The van der Waals surface area contributed by atoms with Gasteiger partial charge in [-0.1, -0.05) is 23.7 Å². The fourth-order valence-corrected chi connectivity index (χ4v) is 5.05. The van der Waals surface area contributed by atoms with E-state index in [4.69, 9.17) is 35.3 Å². The fourth-order valence-electron chi connectivity index (χ4n) is 4.87. The first-order chi connectivity index (χ1) is 20.0. The van der Waals surface area contributed by atoms with E-state index in [-0.39, 0.29) is 35.0 Å². The van der Waals surface area contributed by atoms with Crippen LogP contribution in [0.1, 0.15) is 41.7 Å². The quantitative estimate of drug-likeness (QED) is 0.262. The number of rotatable bonds is 9. The number of halogens is 4. The number of esters is 1. The van der Waals surface area contributed by atoms with Crippen molar-refractivity contribution in [2.75, 3.05) is 32.8 Å². The second-order valence-corrected chi connectivity index (χ2v) is 9.68. The number of amides is 1. The molecule has 1 aliphatic rings. The third-order valence-electron chi connectivity index (χ3n) is 6.73. The molecule has 0 radical (unpaired) electrons. The minimum atomic E-state index is -4.84. The maximum atomic E-state index is 14.5. The minimum absolute atomic E-state index is 0.0415. The number of alkyl halides is 3. The Kier molecular flexibility index (Phi) is 9.53. The molecule has 0 aromatic heterocycles. The van der Waals surface area contributed by atoms with E-state index in [1.165, 1.54) is 55.5 Å². The monoisotopic (exact) mass is 607 g/mol. The Balaban J connectivity index is 1.95. The van der Waals surface area contributed by atoms with Crippen LogP contribution in [0.2, 0.25) is 5.02 Å². The molecule has 3 aromatic rings. The Labute approximate surface area is 245 Å². The number of carbonyl (C=O) groups excluding carboxylic acids is 2. The maximum absolute atomic E-state index is 14.5. The molecule has 0 unspecified atom stereocenters. The van der Waals surface area contributed by atoms with Crippen LogP contribution in [0, 0.1) is 0 Å². The van der Waals surface area contributed by atoms with Gasteiger partial charge in [-0.05, 0) is 43.3 Å². The van der Waals surface area contributed by atoms with E-state index in [0.717, 1.165) is 7.11 Å². The molecule has 0 saturated carbocycles. The van der Waals surface area contributed by atoms with Crippen LogP contribution in [0.15, 0.2) is 54.6 Å². The second-order valence-electron chi connectivity index (χ2n) is 9.24. The van der Waals surface area contributed by atoms with Gasteiger partial charge in [0.15, 0.2) is 0 Å². The lowest BCUT2D eigenvalue weighted by Gasteiger charge is -2.26. The molecule has 1 amide bonds. The van der Waals surface area contributed by atoms with Crippen molar-refractivity contribution in [3.63, 3.8) is 0 Å². The first-order valence-corrected chi connectivity index (χ1v) is 13.3. The second kappa shape index (κ2) is 12.9. The molecule has 0 aliphatic carbocycles. The van der Waals surface area contributed by atoms with Gasteiger partial charge in [-0.2, -0.15) is 13.2 Å². The van der Waals surface area contributed by atoms with Gasteiger partial charge in [-0.3, -0.25) is 9.59 Å². The lowest BCUT2D eigenvalue weighted by atomic mass is 9.94. The highest BCUT2D eigenvalue weighted by molar-refractivity contribution is 6.30. The van der Waals surface area contributed by atoms with Gasteiger partial charge in [0, 0.05) is 27.8 Å². The van der Waals surface area contributed by atoms with Crippen molar-refractivity contribution in [1.82, 2.24) is 0 Å². The van der Waals surface area contributed by atoms with E-state index < -0.39 is 48.0 Å². The van der Waals surface area contributed by atoms with Gasteiger partial charge < -0.3 is 28.6 Å². The molecule has 0 N–H and O–H groups in total. The first-order valence-electron chi connectivity index (χ1n) is 12.9. The zero-order chi connectivity index (χ0) is 30.6. The summed E-state index contributed by atoms with van der Waals surface area (Å²) in [6.07, 6.45) is -8.34. The number of nitrogens with zero attached hydrogens (tertiary/aromatic N) is 1. The predicted molar refractivity (Wildman–Crippen MR) is 148 cm³/mol. The molecule has 0 fully saturated rings. The summed E-state index contributed by atoms with van der Waals surface area (Å²) in [5.74, 6) is -0.907. The van der Waals surface area contributed by atoms with Gasteiger partial charge in [-0.25, -0.2) is 0 Å². The molecule has 1 heterocycles. The Morgan fingerprint density at radius 1 is 0.976 bits per heavy atom. The summed E-state index contributed by atoms with van der Waals surface area (Å²) in [5.41, 5.74) is -0.381. The van der Waals surface area contributed by atoms with Crippen LogP contribution in [-0.4, -0.2) is 45.9 Å². The number of hydrogen-bond donors (Lipinski definition) is 0. The number of methoxy groups -OCH3 is 3. The van der Waals surface area contributed by atoms with Crippen LogP contribution in [0.3, 0.4) is 0 Å². The molecule has 0 spiro atoms. The predicted octanol–water partition coefficient (Wildman–Crippen LogP) is 6.36. The summed E-state index contributed by atoms with van der Waals surface area (Å²) in [7, 11) is 4.09. The van der Waals surface area contributed by atoms with Gasteiger partial charge in [-0.15, -0.1) is 0 Å². The Bertz CT molecular complexity index is 1460. The number of ether oxygens (including phenoxy) is 5. The number of carbonyl (C=O) groups is 2. The van der Waals surface area contributed by atoms with Crippen LogP contribution in [-0.2, 0) is 31.8 Å². The van der Waals surface area contributed by atoms with Crippen molar-refractivity contribution < 1.29 is 46.4 Å². The van der Waals surface area contributed by atoms with Crippen molar-refractivity contribution in [2.24, 2.45) is 0 Å². The average molecular weight is 608 g/mol. The van der Waals surface area contributed by atoms with Gasteiger partial charge in [0.2, 0.25) is 0 Å². The molecule has 42 heavy (non-hydrogen) atoms. The Morgan fingerprint density at radius 2 is 1.71 bits per heavy atom. The topological polar surface area (TPSA) is 83.5 Å². The third kappa shape index (κ3) is 6.42. The lowest BCUT2D eigenvalue weighted by molar-refractivity contribution is -0.152. The number of anilines is 1. The molecule has 2 atom stereocenters. The molecular weight excluding hydrogens is 579 g/mol. The lowest BCUT2D eigenvalue weighted by Crippen LogP contribution is -2.40. The first kappa shape index (κ1) is 31.0. The van der Waals surface area contributed by atoms with E-state index in [9.17, 15) is 22.8 Å². The zero-order valence-corrected chi connectivity index (χ0v) is 24.0. The molecule has 224 valence electrons. The van der Waals surface area contributed by atoms with Crippen molar-refractivity contribution in [1.29, 1.82) is 0 Å². The van der Waals surface area contributed by atoms with Crippen molar-refractivity contribution >= 4 is 29.2 Å². The zero-order valence-electron chi connectivity index (χ0n) is 23.3. The number of hydrogen-bond acceptors (Lipinski definition) is 7. The summed E-state index contributed by atoms with van der Waals surface area (Å²) < 4.78 is 70.4. The van der Waals surface area contributed by atoms with E-state index in [2.05, 4.69) is 0 Å². The van der Waals surface area contributed by atoms with Gasteiger partial charge in [0.1, 0.15) is 35.0 Å². The standard InChI is InChI=1S/C30H29ClF3NO7/c1-5-41-26(36)15-25-29(37)35(16-17-9-11-19(38-2)14-24(17)40-4)22-12-10-18(31)13-21(22)28(42-25)20-7-6-8-23(39-3)27(20)30(32,33)34/h6-14,25,28H,5,15-16H2,1-4H3/t25-,28-/m1/s1. The normalized spacial score (nSPS) is 16.9. The van der Waals surface area contributed by atoms with Crippen LogP contribution in [0.4, 0.5) is 18.9 Å². The SMILES string of the molecule is CCOC(=O)C[C@H]1O[C@H](c2cccc(OC)c2C(F)(F)F)c2cc(Cl)ccc2N(Cc2ccc(OC)cc2OC)C1=O. The van der Waals surface area contributed by atoms with Crippen molar-refractivity contribution in [3.05, 3.63) is 81.9 Å². The molecule has 1 aliphatic heterocycles. The third-order valence-corrected chi connectivity index (χ3v) is 6.96. The number of fused-ring (bicyclic) bond motifs is 1. The van der Waals surface area contributed by atoms with Crippen LogP contribution in [0.25, 0.3) is 0 Å². The molecule has 12 heteroatoms. The van der Waals surface area contributed by atoms with Crippen LogP contribution < -0.4 is 19.1 Å². The van der Waals surface area contributed by atoms with Gasteiger partial charge in [0.05, 0.1) is 46.6 Å². The summed E-state index contributed by atoms with van der Waals surface area (Å²) in [5, 5.41) is 0.206. The Morgan fingerprint density at radius 3 is 2.36 bits per heavy atom. The van der Waals surface area contributed by atoms with E-state index >= 15 is 0 Å². The van der Waals surface area contributed by atoms with Crippen LogP contribution >= 0.6 is 11.6 Å². The average Bonchev–Trinajstić information content (AvgIpc) is 3.06. The largest absolute Gasteiger partial charge is 0.497 e. The summed E-state index contributed by atoms with van der Waals surface area (Å²) >= 11 is 6.34. The summed E-state index contributed by atoms with van der Waals surface area (Å²) in [4.78, 5) is 28.0. The summed E-state index contributed by atoms with van der Waals surface area (Å²) in [6.45, 7) is 1.57. The Hall–Kier alpha value is -3.96. The van der Waals surface area contributed by atoms with E-state index in [1.54, 1.807) is 25.1 Å². The molecule has 0 bridgehead atoms. The van der Waals surface area contributed by atoms with Gasteiger partial charge in [0.25, 0.3) is 5.91 Å². The molecule has 8 nitrogen and oxygen atoms in total. The molecule has 0 saturated heterocycles. The molecule has 4 rings (SSSR count). The van der Waals surface area contributed by atoms with E-state index in [0.29, 0.717) is 17.1 Å². The highest BCUT2D eigenvalue weighted by Crippen LogP contribution is 2.47. The maximum Gasteiger partial charge on any atom is 0.420 e. The highest BCUT2D eigenvalue weighted by atomic mass is 35.5. The summed E-state index contributed by atoms with van der Waals surface area (Å²) in [6, 6.07) is 13.3. The van der Waals surface area contributed by atoms with E-state index in [1.807, 2.05) is 0 Å². The fraction of sp³-hybridized carbons (Fsp3) is 0.333. The van der Waals surface area contributed by atoms with Crippen molar-refractivity contribution in [3.8, 4) is 17.2 Å². The smallest absolute Gasteiger partial charge is 0.420 e. The number of benzene rings is 3. The van der Waals surface area contributed by atoms with Gasteiger partial charge >= 0.3 is 12.1 Å². The van der Waals surface area contributed by atoms with Crippen molar-refractivity contribution in [2.45, 2.75) is 38.3 Å². The molecule has 3 aromatic carbocycles. The van der Waals surface area contributed by atoms with Crippen LogP contribution in [0.5, 0.6) is 17.2 Å². The minimum Gasteiger partial charge on any atom is -0.497 e. The highest BCUT2D eigenvalue weighted by Gasteiger charge is 2.44.